The molecule has 0 amide bonds. The molecular weight excluding hydrogens is 327 g/mol. The molecule has 0 fully saturated rings. The number of hydrogen-bond acceptors (Lipinski definition) is 2. The number of hydrogen-bond donors (Lipinski definition) is 0. The van der Waals surface area contributed by atoms with Crippen LogP contribution in [0.2, 0.25) is 0 Å². The zero-order chi connectivity index (χ0) is 17.4. The Morgan fingerprint density at radius 1 is 0.880 bits per heavy atom. The van der Waals surface area contributed by atoms with E-state index in [9.17, 15) is 13.2 Å². The third-order valence-corrected chi connectivity index (χ3v) is 3.92. The molecule has 4 aromatic rings. The number of para-hydroxylation sites is 1. The predicted octanol–water partition coefficient (Wildman–Crippen LogP) is 5.11. The second-order valence-corrected chi connectivity index (χ2v) is 5.55. The molecule has 6 heteroatoms. The maximum absolute atomic E-state index is 13.0. The number of fused-ring (bicyclic) bond motifs is 1. The van der Waals surface area contributed by atoms with Crippen molar-refractivity contribution in [2.45, 2.75) is 6.18 Å². The quantitative estimate of drug-likeness (QED) is 0.508. The molecule has 0 aliphatic carbocycles. The first-order chi connectivity index (χ1) is 12.0. The Hall–Kier alpha value is -3.15. The Morgan fingerprint density at radius 2 is 1.68 bits per heavy atom. The minimum atomic E-state index is -4.40. The third kappa shape index (κ3) is 2.76. The van der Waals surface area contributed by atoms with Crippen molar-refractivity contribution in [1.29, 1.82) is 0 Å². The van der Waals surface area contributed by atoms with Crippen molar-refractivity contribution in [1.82, 2.24) is 14.5 Å². The molecule has 0 saturated carbocycles. The van der Waals surface area contributed by atoms with Crippen molar-refractivity contribution in [3.05, 3.63) is 78.6 Å². The van der Waals surface area contributed by atoms with Gasteiger partial charge >= 0.3 is 6.18 Å². The molecule has 0 aliphatic rings. The molecule has 4 rings (SSSR count). The topological polar surface area (TPSA) is 30.7 Å². The van der Waals surface area contributed by atoms with Gasteiger partial charge in [0, 0.05) is 23.6 Å². The summed E-state index contributed by atoms with van der Waals surface area (Å²) in [4.78, 5) is 8.55. The van der Waals surface area contributed by atoms with E-state index in [1.165, 1.54) is 6.07 Å². The predicted molar refractivity (Wildman–Crippen MR) is 89.3 cm³/mol. The van der Waals surface area contributed by atoms with Gasteiger partial charge in [0.15, 0.2) is 0 Å². The summed E-state index contributed by atoms with van der Waals surface area (Å²) in [5.74, 6) is 0.550. The average Bonchev–Trinajstić information content (AvgIpc) is 3.01. The monoisotopic (exact) mass is 339 g/mol. The molecule has 0 saturated heterocycles. The van der Waals surface area contributed by atoms with Crippen LogP contribution in [-0.4, -0.2) is 14.5 Å². The summed E-state index contributed by atoms with van der Waals surface area (Å²) in [5.41, 5.74) is 1.74. The summed E-state index contributed by atoms with van der Waals surface area (Å²) in [5, 5.41) is 0. The Balaban J connectivity index is 2.02. The average molecular weight is 339 g/mol. The van der Waals surface area contributed by atoms with Crippen LogP contribution in [0.1, 0.15) is 5.56 Å². The van der Waals surface area contributed by atoms with Gasteiger partial charge in [-0.2, -0.15) is 13.2 Å². The molecule has 0 N–H and O–H groups in total. The van der Waals surface area contributed by atoms with Crippen LogP contribution >= 0.6 is 0 Å². The van der Waals surface area contributed by atoms with Crippen LogP contribution in [0.3, 0.4) is 0 Å². The molecule has 0 unspecified atom stereocenters. The summed E-state index contributed by atoms with van der Waals surface area (Å²) < 4.78 is 40.9. The first-order valence-corrected chi connectivity index (χ1v) is 7.59. The minimum absolute atomic E-state index is 0.289. The zero-order valence-corrected chi connectivity index (χ0v) is 12.9. The number of imidazole rings is 1. The SMILES string of the molecule is FC(F)(F)c1ccc2c(c1)nc(-c1cccnc1)n2-c1ccccc1. The van der Waals surface area contributed by atoms with Crippen LogP contribution in [0.5, 0.6) is 0 Å². The summed E-state index contributed by atoms with van der Waals surface area (Å²) >= 11 is 0. The first-order valence-electron chi connectivity index (χ1n) is 7.59. The Labute approximate surface area is 141 Å². The van der Waals surface area contributed by atoms with Gasteiger partial charge in [-0.05, 0) is 42.5 Å². The zero-order valence-electron chi connectivity index (χ0n) is 12.9. The van der Waals surface area contributed by atoms with E-state index in [4.69, 9.17) is 0 Å². The Kier molecular flexibility index (Phi) is 3.53. The molecule has 0 atom stereocenters. The van der Waals surface area contributed by atoms with Crippen molar-refractivity contribution >= 4 is 11.0 Å². The van der Waals surface area contributed by atoms with Gasteiger partial charge in [0.1, 0.15) is 5.82 Å². The van der Waals surface area contributed by atoms with Crippen LogP contribution in [0.25, 0.3) is 28.1 Å². The largest absolute Gasteiger partial charge is 0.416 e. The number of aromatic nitrogens is 3. The molecular formula is C19H12F3N3. The minimum Gasteiger partial charge on any atom is -0.292 e. The van der Waals surface area contributed by atoms with Crippen molar-refractivity contribution in [2.75, 3.05) is 0 Å². The molecule has 0 bridgehead atoms. The lowest BCUT2D eigenvalue weighted by molar-refractivity contribution is -0.137. The number of nitrogens with zero attached hydrogens (tertiary/aromatic N) is 3. The standard InChI is InChI=1S/C19H12F3N3/c20-19(21,22)14-8-9-17-16(11-14)24-18(13-5-4-10-23-12-13)25(17)15-6-2-1-3-7-15/h1-12H. The number of halogens is 3. The molecule has 2 aromatic heterocycles. The van der Waals surface area contributed by atoms with E-state index >= 15 is 0 Å². The fraction of sp³-hybridized carbons (Fsp3) is 0.0526. The summed E-state index contributed by atoms with van der Waals surface area (Å²) in [6.07, 6.45) is -1.12. The van der Waals surface area contributed by atoms with Gasteiger partial charge in [-0.25, -0.2) is 4.98 Å². The number of rotatable bonds is 2. The van der Waals surface area contributed by atoms with Crippen molar-refractivity contribution < 1.29 is 13.2 Å². The van der Waals surface area contributed by atoms with Crippen molar-refractivity contribution in [3.8, 4) is 17.1 Å². The number of benzene rings is 2. The molecule has 0 aliphatic heterocycles. The highest BCUT2D eigenvalue weighted by Gasteiger charge is 2.31. The number of alkyl halides is 3. The molecule has 2 aromatic carbocycles. The van der Waals surface area contributed by atoms with Gasteiger partial charge in [0.2, 0.25) is 0 Å². The number of pyridine rings is 1. The fourth-order valence-electron chi connectivity index (χ4n) is 2.78. The highest BCUT2D eigenvalue weighted by atomic mass is 19.4. The van der Waals surface area contributed by atoms with Crippen LogP contribution < -0.4 is 0 Å². The van der Waals surface area contributed by atoms with E-state index in [1.54, 1.807) is 18.5 Å². The van der Waals surface area contributed by atoms with E-state index < -0.39 is 11.7 Å². The molecule has 0 radical (unpaired) electrons. The second kappa shape index (κ2) is 5.73. The smallest absolute Gasteiger partial charge is 0.292 e. The van der Waals surface area contributed by atoms with Crippen molar-refractivity contribution in [2.24, 2.45) is 0 Å². The molecule has 25 heavy (non-hydrogen) atoms. The van der Waals surface area contributed by atoms with Crippen LogP contribution in [0, 0.1) is 0 Å². The van der Waals surface area contributed by atoms with E-state index in [-0.39, 0.29) is 5.52 Å². The van der Waals surface area contributed by atoms with Gasteiger partial charge < -0.3 is 0 Å². The normalized spacial score (nSPS) is 11.8. The second-order valence-electron chi connectivity index (χ2n) is 5.55. The third-order valence-electron chi connectivity index (χ3n) is 3.92. The van der Waals surface area contributed by atoms with Gasteiger partial charge in [-0.1, -0.05) is 18.2 Å². The fourth-order valence-corrected chi connectivity index (χ4v) is 2.78. The van der Waals surface area contributed by atoms with Gasteiger partial charge in [0.05, 0.1) is 16.6 Å². The maximum atomic E-state index is 13.0. The highest BCUT2D eigenvalue weighted by molar-refractivity contribution is 5.83. The van der Waals surface area contributed by atoms with E-state index in [0.29, 0.717) is 11.3 Å². The Morgan fingerprint density at radius 3 is 2.36 bits per heavy atom. The first kappa shape index (κ1) is 15.4. The summed E-state index contributed by atoms with van der Waals surface area (Å²) in [6, 6.07) is 16.6. The molecule has 0 spiro atoms. The van der Waals surface area contributed by atoms with E-state index in [0.717, 1.165) is 23.4 Å². The van der Waals surface area contributed by atoms with Crippen LogP contribution in [-0.2, 0) is 6.18 Å². The lowest BCUT2D eigenvalue weighted by Crippen LogP contribution is -2.04. The van der Waals surface area contributed by atoms with E-state index in [2.05, 4.69) is 9.97 Å². The lowest BCUT2D eigenvalue weighted by atomic mass is 10.2. The summed E-state index contributed by atoms with van der Waals surface area (Å²) in [6.45, 7) is 0. The highest BCUT2D eigenvalue weighted by Crippen LogP contribution is 2.34. The van der Waals surface area contributed by atoms with E-state index in [1.807, 2.05) is 41.0 Å². The molecule has 2 heterocycles. The summed E-state index contributed by atoms with van der Waals surface area (Å²) in [7, 11) is 0. The molecule has 124 valence electrons. The van der Waals surface area contributed by atoms with Crippen LogP contribution in [0.4, 0.5) is 13.2 Å². The van der Waals surface area contributed by atoms with Gasteiger partial charge in [-0.15, -0.1) is 0 Å². The van der Waals surface area contributed by atoms with Gasteiger partial charge in [0.25, 0.3) is 0 Å². The van der Waals surface area contributed by atoms with Crippen LogP contribution in [0.15, 0.2) is 73.1 Å². The molecule has 3 nitrogen and oxygen atoms in total. The Bertz CT molecular complexity index is 1020. The van der Waals surface area contributed by atoms with Crippen molar-refractivity contribution in [3.63, 3.8) is 0 Å². The maximum Gasteiger partial charge on any atom is 0.416 e. The lowest BCUT2D eigenvalue weighted by Gasteiger charge is -2.10. The van der Waals surface area contributed by atoms with Gasteiger partial charge in [-0.3, -0.25) is 9.55 Å².